The minimum absolute atomic E-state index is 0.0940. The van der Waals surface area contributed by atoms with Gasteiger partial charge in [0.15, 0.2) is 0 Å². The molecule has 0 saturated carbocycles. The number of aromatic nitrogens is 1. The van der Waals surface area contributed by atoms with E-state index in [0.29, 0.717) is 0 Å². The first-order valence-electron chi connectivity index (χ1n) is 8.52. The van der Waals surface area contributed by atoms with E-state index < -0.39 is 5.91 Å². The van der Waals surface area contributed by atoms with Crippen LogP contribution in [0.5, 0.6) is 0 Å². The van der Waals surface area contributed by atoms with Crippen molar-refractivity contribution in [3.63, 3.8) is 0 Å². The molecule has 0 fully saturated rings. The predicted octanol–water partition coefficient (Wildman–Crippen LogP) is 3.22. The van der Waals surface area contributed by atoms with Gasteiger partial charge < -0.3 is 10.6 Å². The summed E-state index contributed by atoms with van der Waals surface area (Å²) in [5.74, 6) is -1.52. The largest absolute Gasteiger partial charge is 0.348 e. The molecule has 28 heavy (non-hydrogen) atoms. The third-order valence-electron chi connectivity index (χ3n) is 3.99. The van der Waals surface area contributed by atoms with Crippen molar-refractivity contribution in [2.45, 2.75) is 13.1 Å². The van der Waals surface area contributed by atoms with Crippen molar-refractivity contribution in [3.8, 4) is 0 Å². The van der Waals surface area contributed by atoms with Crippen molar-refractivity contribution in [3.05, 3.63) is 101 Å². The minimum atomic E-state index is -0.447. The number of pyridine rings is 1. The predicted molar refractivity (Wildman–Crippen MR) is 99.4 cm³/mol. The van der Waals surface area contributed by atoms with E-state index in [1.165, 1.54) is 42.6 Å². The SMILES string of the molecule is O=C(NCc1ccc(F)cc1)c1ccnc(C(=O)NCc2ccc(F)cc2)c1. The monoisotopic (exact) mass is 381 g/mol. The highest BCUT2D eigenvalue weighted by molar-refractivity contribution is 5.98. The van der Waals surface area contributed by atoms with Gasteiger partial charge in [-0.15, -0.1) is 0 Å². The highest BCUT2D eigenvalue weighted by atomic mass is 19.1. The van der Waals surface area contributed by atoms with Crippen LogP contribution in [0.3, 0.4) is 0 Å². The van der Waals surface area contributed by atoms with E-state index in [1.807, 2.05) is 0 Å². The van der Waals surface area contributed by atoms with Gasteiger partial charge in [-0.05, 0) is 47.5 Å². The fourth-order valence-corrected chi connectivity index (χ4v) is 2.46. The van der Waals surface area contributed by atoms with Gasteiger partial charge in [0, 0.05) is 24.8 Å². The number of halogens is 2. The minimum Gasteiger partial charge on any atom is -0.348 e. The number of rotatable bonds is 6. The molecule has 0 bridgehead atoms. The molecule has 0 atom stereocenters. The third-order valence-corrected chi connectivity index (χ3v) is 3.99. The topological polar surface area (TPSA) is 71.1 Å². The Hall–Kier alpha value is -3.61. The lowest BCUT2D eigenvalue weighted by atomic mass is 10.2. The Labute approximate surface area is 160 Å². The fraction of sp³-hybridized carbons (Fsp3) is 0.0952. The van der Waals surface area contributed by atoms with Gasteiger partial charge in [0.05, 0.1) is 0 Å². The second-order valence-corrected chi connectivity index (χ2v) is 6.05. The van der Waals surface area contributed by atoms with Crippen LogP contribution in [0.25, 0.3) is 0 Å². The molecule has 3 rings (SSSR count). The van der Waals surface area contributed by atoms with Gasteiger partial charge >= 0.3 is 0 Å². The second-order valence-electron chi connectivity index (χ2n) is 6.05. The summed E-state index contributed by atoms with van der Waals surface area (Å²) in [5, 5.41) is 5.38. The molecular weight excluding hydrogens is 364 g/mol. The van der Waals surface area contributed by atoms with Crippen LogP contribution in [0.15, 0.2) is 66.9 Å². The van der Waals surface area contributed by atoms with E-state index in [4.69, 9.17) is 0 Å². The van der Waals surface area contributed by atoms with Crippen LogP contribution in [0.1, 0.15) is 32.0 Å². The van der Waals surface area contributed by atoms with Gasteiger partial charge in [-0.1, -0.05) is 24.3 Å². The van der Waals surface area contributed by atoms with Gasteiger partial charge in [0.2, 0.25) is 0 Å². The molecule has 0 saturated heterocycles. The van der Waals surface area contributed by atoms with E-state index in [9.17, 15) is 18.4 Å². The Morgan fingerprint density at radius 3 is 1.79 bits per heavy atom. The summed E-state index contributed by atoms with van der Waals surface area (Å²) in [5.41, 5.74) is 1.87. The molecule has 1 heterocycles. The first-order chi connectivity index (χ1) is 13.5. The average Bonchev–Trinajstić information content (AvgIpc) is 2.72. The maximum Gasteiger partial charge on any atom is 0.270 e. The van der Waals surface area contributed by atoms with Gasteiger partial charge in [0.1, 0.15) is 17.3 Å². The summed E-state index contributed by atoms with van der Waals surface area (Å²) in [6.07, 6.45) is 1.37. The molecule has 0 unspecified atom stereocenters. The molecule has 0 spiro atoms. The zero-order chi connectivity index (χ0) is 19.9. The molecule has 0 radical (unpaired) electrons. The van der Waals surface area contributed by atoms with Gasteiger partial charge in [-0.3, -0.25) is 14.6 Å². The summed E-state index contributed by atoms with van der Waals surface area (Å²) in [4.78, 5) is 28.5. The summed E-state index contributed by atoms with van der Waals surface area (Å²) < 4.78 is 25.8. The van der Waals surface area contributed by atoms with Crippen molar-refractivity contribution >= 4 is 11.8 Å². The zero-order valence-electron chi connectivity index (χ0n) is 14.8. The van der Waals surface area contributed by atoms with Crippen molar-refractivity contribution in [2.75, 3.05) is 0 Å². The molecular formula is C21H17F2N3O2. The van der Waals surface area contributed by atoms with Gasteiger partial charge in [-0.2, -0.15) is 0 Å². The first-order valence-corrected chi connectivity index (χ1v) is 8.52. The molecule has 2 amide bonds. The molecule has 142 valence electrons. The van der Waals surface area contributed by atoms with Crippen LogP contribution >= 0.6 is 0 Å². The van der Waals surface area contributed by atoms with Gasteiger partial charge in [-0.25, -0.2) is 8.78 Å². The summed E-state index contributed by atoms with van der Waals surface area (Å²) in [6.45, 7) is 0.440. The summed E-state index contributed by atoms with van der Waals surface area (Å²) in [7, 11) is 0. The average molecular weight is 381 g/mol. The van der Waals surface area contributed by atoms with E-state index >= 15 is 0 Å². The second kappa shape index (κ2) is 8.85. The van der Waals surface area contributed by atoms with Crippen molar-refractivity contribution in [2.24, 2.45) is 0 Å². The van der Waals surface area contributed by atoms with E-state index in [1.54, 1.807) is 24.3 Å². The van der Waals surface area contributed by atoms with Crippen molar-refractivity contribution in [1.29, 1.82) is 0 Å². The third kappa shape index (κ3) is 5.20. The lowest BCUT2D eigenvalue weighted by molar-refractivity contribution is 0.0946. The Balaban J connectivity index is 1.58. The number of nitrogens with zero attached hydrogens (tertiary/aromatic N) is 1. The van der Waals surface area contributed by atoms with E-state index in [2.05, 4.69) is 15.6 Å². The van der Waals surface area contributed by atoms with Crippen LogP contribution in [0, 0.1) is 11.6 Å². The quantitative estimate of drug-likeness (QED) is 0.689. The lowest BCUT2D eigenvalue weighted by Gasteiger charge is -2.08. The molecule has 0 aliphatic carbocycles. The molecule has 7 heteroatoms. The number of nitrogens with one attached hydrogen (secondary N) is 2. The van der Waals surface area contributed by atoms with Crippen molar-refractivity contribution in [1.82, 2.24) is 15.6 Å². The number of benzene rings is 2. The number of amides is 2. The number of hydrogen-bond donors (Lipinski definition) is 2. The maximum absolute atomic E-state index is 12.9. The van der Waals surface area contributed by atoms with E-state index in [-0.39, 0.29) is 41.9 Å². The molecule has 3 aromatic rings. The van der Waals surface area contributed by atoms with Crippen LogP contribution < -0.4 is 10.6 Å². The molecule has 1 aromatic heterocycles. The highest BCUT2D eigenvalue weighted by Crippen LogP contribution is 2.06. The normalized spacial score (nSPS) is 10.4. The Bertz CT molecular complexity index is 897. The Morgan fingerprint density at radius 1 is 0.750 bits per heavy atom. The zero-order valence-corrected chi connectivity index (χ0v) is 14.8. The Morgan fingerprint density at radius 2 is 1.25 bits per heavy atom. The molecule has 0 aliphatic heterocycles. The lowest BCUT2D eigenvalue weighted by Crippen LogP contribution is -2.26. The van der Waals surface area contributed by atoms with Gasteiger partial charge in [0.25, 0.3) is 11.8 Å². The van der Waals surface area contributed by atoms with Crippen LogP contribution in [0.4, 0.5) is 8.78 Å². The maximum atomic E-state index is 12.9. The fourth-order valence-electron chi connectivity index (χ4n) is 2.46. The number of hydrogen-bond acceptors (Lipinski definition) is 3. The molecule has 5 nitrogen and oxygen atoms in total. The van der Waals surface area contributed by atoms with Crippen LogP contribution in [-0.2, 0) is 13.1 Å². The first kappa shape index (κ1) is 19.2. The molecule has 2 N–H and O–H groups in total. The highest BCUT2D eigenvalue weighted by Gasteiger charge is 2.12. The van der Waals surface area contributed by atoms with Crippen LogP contribution in [0.2, 0.25) is 0 Å². The van der Waals surface area contributed by atoms with Crippen LogP contribution in [-0.4, -0.2) is 16.8 Å². The van der Waals surface area contributed by atoms with E-state index in [0.717, 1.165) is 11.1 Å². The van der Waals surface area contributed by atoms with Crippen molar-refractivity contribution < 1.29 is 18.4 Å². The number of carbonyl (C=O) groups is 2. The standard InChI is InChI=1S/C21H17F2N3O2/c22-17-5-1-14(2-6-17)12-25-20(27)16-9-10-24-19(11-16)21(28)26-13-15-3-7-18(23)8-4-15/h1-11H,12-13H2,(H,25,27)(H,26,28). The number of carbonyl (C=O) groups excluding carboxylic acids is 2. The smallest absolute Gasteiger partial charge is 0.270 e. The molecule has 2 aromatic carbocycles. The summed E-state index contributed by atoms with van der Waals surface area (Å²) >= 11 is 0. The molecule has 0 aliphatic rings. The Kier molecular flexibility index (Phi) is 6.06. The summed E-state index contributed by atoms with van der Waals surface area (Å²) in [6, 6.07) is 14.4.